The summed E-state index contributed by atoms with van der Waals surface area (Å²) >= 11 is 6.66. The van der Waals surface area contributed by atoms with E-state index in [-0.39, 0.29) is 23.3 Å². The molecule has 0 aliphatic carbocycles. The molecule has 2 amide bonds. The quantitative estimate of drug-likeness (QED) is 0.496. The van der Waals surface area contributed by atoms with Gasteiger partial charge in [-0.05, 0) is 43.4 Å². The second kappa shape index (κ2) is 9.64. The van der Waals surface area contributed by atoms with Crippen molar-refractivity contribution in [2.45, 2.75) is 33.1 Å². The van der Waals surface area contributed by atoms with Crippen molar-refractivity contribution >= 4 is 57.7 Å². The zero-order valence-electron chi connectivity index (χ0n) is 18.7. The van der Waals surface area contributed by atoms with Crippen LogP contribution in [0.25, 0.3) is 11.7 Å². The normalized spacial score (nSPS) is 18.8. The van der Waals surface area contributed by atoms with Gasteiger partial charge in [0.15, 0.2) is 0 Å². The number of aromatic nitrogens is 2. The van der Waals surface area contributed by atoms with Crippen LogP contribution in [0.1, 0.15) is 38.7 Å². The maximum Gasteiger partial charge on any atom is 0.267 e. The summed E-state index contributed by atoms with van der Waals surface area (Å²) in [5, 5.41) is 0. The number of nitrogens with two attached hydrogens (primary N) is 1. The monoisotopic (exact) mass is 485 g/mol. The van der Waals surface area contributed by atoms with Crippen molar-refractivity contribution in [3.8, 4) is 0 Å². The zero-order chi connectivity index (χ0) is 23.7. The lowest BCUT2D eigenvalue weighted by Gasteiger charge is -2.32. The molecule has 0 unspecified atom stereocenters. The van der Waals surface area contributed by atoms with Gasteiger partial charge in [-0.1, -0.05) is 43.9 Å². The van der Waals surface area contributed by atoms with Crippen molar-refractivity contribution in [2.24, 2.45) is 17.6 Å². The van der Waals surface area contributed by atoms with Crippen molar-refractivity contribution in [1.82, 2.24) is 14.3 Å². The van der Waals surface area contributed by atoms with Gasteiger partial charge < -0.3 is 10.6 Å². The Morgan fingerprint density at radius 2 is 2.03 bits per heavy atom. The van der Waals surface area contributed by atoms with Crippen LogP contribution >= 0.6 is 24.0 Å². The van der Waals surface area contributed by atoms with Crippen LogP contribution in [0.5, 0.6) is 0 Å². The Morgan fingerprint density at radius 3 is 2.70 bits per heavy atom. The minimum Gasteiger partial charge on any atom is -0.369 e. The molecule has 0 saturated carbocycles. The Bertz CT molecular complexity index is 1200. The number of pyridine rings is 1. The van der Waals surface area contributed by atoms with E-state index in [1.54, 1.807) is 29.3 Å². The molecule has 2 aromatic rings. The Balaban J connectivity index is 1.74. The second-order valence-corrected chi connectivity index (χ2v) is 10.4. The van der Waals surface area contributed by atoms with E-state index in [9.17, 15) is 14.4 Å². The van der Waals surface area contributed by atoms with E-state index in [4.69, 9.17) is 22.9 Å². The average Bonchev–Trinajstić information content (AvgIpc) is 3.06. The number of amides is 2. The molecule has 0 atom stereocenters. The smallest absolute Gasteiger partial charge is 0.267 e. The summed E-state index contributed by atoms with van der Waals surface area (Å²) in [5.41, 5.74) is 6.10. The molecule has 0 bridgehead atoms. The van der Waals surface area contributed by atoms with Gasteiger partial charge in [-0.15, -0.1) is 0 Å². The van der Waals surface area contributed by atoms with Crippen LogP contribution in [0.2, 0.25) is 0 Å². The molecular formula is C23H27N5O3S2. The molecule has 174 valence electrons. The first-order chi connectivity index (χ1) is 15.8. The van der Waals surface area contributed by atoms with Gasteiger partial charge in [0.2, 0.25) is 5.91 Å². The molecule has 10 heteroatoms. The summed E-state index contributed by atoms with van der Waals surface area (Å²) in [7, 11) is 0. The van der Waals surface area contributed by atoms with Gasteiger partial charge in [-0.2, -0.15) is 0 Å². The fraction of sp³-hybridized carbons (Fsp3) is 0.435. The topological polar surface area (TPSA) is 101 Å². The number of rotatable bonds is 6. The molecule has 2 aliphatic heterocycles. The third-order valence-electron chi connectivity index (χ3n) is 6.02. The van der Waals surface area contributed by atoms with Crippen molar-refractivity contribution in [2.75, 3.05) is 24.5 Å². The number of thioether (sulfide) groups is 1. The van der Waals surface area contributed by atoms with Gasteiger partial charge in [0, 0.05) is 31.7 Å². The highest BCUT2D eigenvalue weighted by molar-refractivity contribution is 8.26. The average molecular weight is 486 g/mol. The number of nitrogens with zero attached hydrogens (tertiary/aromatic N) is 4. The molecule has 2 aromatic heterocycles. The van der Waals surface area contributed by atoms with Gasteiger partial charge in [0.05, 0.1) is 10.5 Å². The molecule has 2 N–H and O–H groups in total. The third-order valence-corrected chi connectivity index (χ3v) is 7.40. The molecule has 2 fully saturated rings. The van der Waals surface area contributed by atoms with Gasteiger partial charge in [-0.25, -0.2) is 4.98 Å². The summed E-state index contributed by atoms with van der Waals surface area (Å²) in [6.45, 7) is 5.87. The highest BCUT2D eigenvalue weighted by Gasteiger charge is 2.33. The Morgan fingerprint density at radius 1 is 1.30 bits per heavy atom. The van der Waals surface area contributed by atoms with Crippen LogP contribution in [-0.4, -0.2) is 50.1 Å². The number of carbonyl (C=O) groups excluding carboxylic acids is 2. The lowest BCUT2D eigenvalue weighted by molar-refractivity contribution is -0.123. The summed E-state index contributed by atoms with van der Waals surface area (Å²) < 4.78 is 1.98. The maximum absolute atomic E-state index is 13.4. The number of hydrogen-bond acceptors (Lipinski definition) is 7. The molecule has 33 heavy (non-hydrogen) atoms. The van der Waals surface area contributed by atoms with E-state index in [2.05, 4.69) is 13.8 Å². The standard InChI is InChI=1S/C23H27N5O3S2/c1-14(2)6-12-28-22(31)17(33-23(28)32)13-16-20(26-10-7-15(8-11-26)19(24)29)25-18-5-3-4-9-27(18)21(16)30/h3-5,9,13-15H,6-8,10-12H2,1-2H3,(H2,24,29)/b17-13-. The SMILES string of the molecule is CC(C)CCN1C(=O)/C(=C/c2c(N3CCC(C(N)=O)CC3)nc3ccccn3c2=O)SC1=S. The number of thiocarbonyl (C=S) groups is 1. The van der Waals surface area contributed by atoms with Crippen molar-refractivity contribution in [3.05, 3.63) is 45.2 Å². The number of hydrogen-bond donors (Lipinski definition) is 1. The fourth-order valence-electron chi connectivity index (χ4n) is 4.05. The van der Waals surface area contributed by atoms with E-state index < -0.39 is 0 Å². The zero-order valence-corrected chi connectivity index (χ0v) is 20.3. The molecule has 4 heterocycles. The molecule has 2 saturated heterocycles. The first-order valence-corrected chi connectivity index (χ1v) is 12.3. The predicted molar refractivity (Wildman–Crippen MR) is 135 cm³/mol. The van der Waals surface area contributed by atoms with Crippen LogP contribution in [0, 0.1) is 11.8 Å². The number of carbonyl (C=O) groups is 2. The summed E-state index contributed by atoms with van der Waals surface area (Å²) in [6.07, 6.45) is 5.34. The van der Waals surface area contributed by atoms with Gasteiger partial charge in [0.25, 0.3) is 11.5 Å². The Kier molecular flexibility index (Phi) is 6.85. The highest BCUT2D eigenvalue weighted by atomic mass is 32.2. The van der Waals surface area contributed by atoms with Crippen molar-refractivity contribution in [3.63, 3.8) is 0 Å². The largest absolute Gasteiger partial charge is 0.369 e. The molecule has 0 radical (unpaired) electrons. The summed E-state index contributed by atoms with van der Waals surface area (Å²) in [4.78, 5) is 46.9. The molecule has 0 spiro atoms. The first-order valence-electron chi connectivity index (χ1n) is 11.1. The first kappa shape index (κ1) is 23.4. The number of primary amides is 1. The third kappa shape index (κ3) is 4.81. The maximum atomic E-state index is 13.4. The highest BCUT2D eigenvalue weighted by Crippen LogP contribution is 2.34. The van der Waals surface area contributed by atoms with Gasteiger partial charge in [0.1, 0.15) is 15.8 Å². The molecule has 8 nitrogen and oxygen atoms in total. The van der Waals surface area contributed by atoms with Crippen LogP contribution in [-0.2, 0) is 9.59 Å². The van der Waals surface area contributed by atoms with Crippen molar-refractivity contribution in [1.29, 1.82) is 0 Å². The molecule has 4 rings (SSSR count). The molecule has 0 aromatic carbocycles. The lowest BCUT2D eigenvalue weighted by atomic mass is 9.96. The molecule has 2 aliphatic rings. The van der Waals surface area contributed by atoms with Crippen LogP contribution in [0.3, 0.4) is 0 Å². The Hall–Kier alpha value is -2.72. The summed E-state index contributed by atoms with van der Waals surface area (Å²) in [6, 6.07) is 5.36. The van der Waals surface area contributed by atoms with Gasteiger partial charge in [-0.3, -0.25) is 23.7 Å². The minimum atomic E-state index is -0.300. The number of anilines is 1. The molecular weight excluding hydrogens is 458 g/mol. The van der Waals surface area contributed by atoms with Crippen molar-refractivity contribution < 1.29 is 9.59 Å². The second-order valence-electron chi connectivity index (χ2n) is 8.76. The van der Waals surface area contributed by atoms with E-state index >= 15 is 0 Å². The number of piperidine rings is 1. The van der Waals surface area contributed by atoms with E-state index in [0.717, 1.165) is 6.42 Å². The van der Waals surface area contributed by atoms with Gasteiger partial charge >= 0.3 is 0 Å². The number of fused-ring (bicyclic) bond motifs is 1. The van der Waals surface area contributed by atoms with E-state index in [1.165, 1.54) is 16.2 Å². The van der Waals surface area contributed by atoms with E-state index in [1.807, 2.05) is 11.0 Å². The minimum absolute atomic E-state index is 0.177. The van der Waals surface area contributed by atoms with Crippen LogP contribution in [0.15, 0.2) is 34.1 Å². The fourth-order valence-corrected chi connectivity index (χ4v) is 5.34. The van der Waals surface area contributed by atoms with E-state index in [0.29, 0.717) is 64.6 Å². The summed E-state index contributed by atoms with van der Waals surface area (Å²) in [5.74, 6) is 0.306. The van der Waals surface area contributed by atoms with Crippen LogP contribution < -0.4 is 16.2 Å². The predicted octanol–water partition coefficient (Wildman–Crippen LogP) is 2.64. The van der Waals surface area contributed by atoms with Crippen LogP contribution in [0.4, 0.5) is 5.82 Å². The Labute approximate surface area is 201 Å². The lowest BCUT2D eigenvalue weighted by Crippen LogP contribution is -2.40.